The molecule has 0 bridgehead atoms. The van der Waals surface area contributed by atoms with Crippen molar-refractivity contribution in [3.05, 3.63) is 11.1 Å². The molecular weight excluding hydrogens is 236 g/mol. The Kier molecular flexibility index (Phi) is 5.41. The van der Waals surface area contributed by atoms with Crippen LogP contribution in [0.4, 0.5) is 5.13 Å². The van der Waals surface area contributed by atoms with Crippen LogP contribution in [0.5, 0.6) is 0 Å². The summed E-state index contributed by atoms with van der Waals surface area (Å²) < 4.78 is 4.92. The summed E-state index contributed by atoms with van der Waals surface area (Å²) in [5.41, 5.74) is 0.411. The van der Waals surface area contributed by atoms with E-state index in [4.69, 9.17) is 4.74 Å². The summed E-state index contributed by atoms with van der Waals surface area (Å²) >= 11 is 1.49. The van der Waals surface area contributed by atoms with Gasteiger partial charge in [-0.25, -0.2) is 9.78 Å². The maximum Gasteiger partial charge on any atom is 0.357 e. The summed E-state index contributed by atoms with van der Waals surface area (Å²) in [7, 11) is 0. The number of rotatable bonds is 6. The minimum atomic E-state index is -0.337. The van der Waals surface area contributed by atoms with Crippen LogP contribution in [0.3, 0.4) is 0 Å². The summed E-state index contributed by atoms with van der Waals surface area (Å²) in [5.74, 6) is 0.237. The molecule has 0 aliphatic heterocycles. The van der Waals surface area contributed by atoms with Gasteiger partial charge in [-0.1, -0.05) is 13.8 Å². The number of anilines is 1. The Morgan fingerprint density at radius 1 is 1.53 bits per heavy atom. The van der Waals surface area contributed by atoms with Gasteiger partial charge in [-0.2, -0.15) is 0 Å². The van der Waals surface area contributed by atoms with Crippen LogP contribution in [-0.4, -0.2) is 30.6 Å². The Balaban J connectivity index is 2.74. The molecule has 96 valence electrons. The molecule has 0 spiro atoms. The van der Waals surface area contributed by atoms with Crippen LogP contribution in [0.1, 0.15) is 38.2 Å². The van der Waals surface area contributed by atoms with E-state index in [1.807, 2.05) is 0 Å². The zero-order valence-corrected chi connectivity index (χ0v) is 11.7. The fourth-order valence-electron chi connectivity index (χ4n) is 1.49. The first-order chi connectivity index (χ1) is 8.08. The number of carbonyl (C=O) groups excluding carboxylic acids is 1. The molecule has 0 aliphatic carbocycles. The first kappa shape index (κ1) is 14.0. The summed E-state index contributed by atoms with van der Waals surface area (Å²) in [6, 6.07) is 0. The van der Waals surface area contributed by atoms with Crippen LogP contribution in [0.25, 0.3) is 0 Å². The van der Waals surface area contributed by atoms with Gasteiger partial charge in [0.15, 0.2) is 10.8 Å². The van der Waals surface area contributed by atoms with Crippen molar-refractivity contribution in [2.45, 2.75) is 27.7 Å². The topological polar surface area (TPSA) is 42.4 Å². The molecule has 0 N–H and O–H groups in total. The lowest BCUT2D eigenvalue weighted by Crippen LogP contribution is -2.27. The molecule has 0 unspecified atom stereocenters. The van der Waals surface area contributed by atoms with E-state index in [-0.39, 0.29) is 5.97 Å². The van der Waals surface area contributed by atoms with Crippen molar-refractivity contribution in [3.63, 3.8) is 0 Å². The van der Waals surface area contributed by atoms with Gasteiger partial charge in [0.05, 0.1) is 6.61 Å². The van der Waals surface area contributed by atoms with Gasteiger partial charge in [-0.3, -0.25) is 0 Å². The second-order valence-corrected chi connectivity index (χ2v) is 5.00. The van der Waals surface area contributed by atoms with Crippen molar-refractivity contribution < 1.29 is 9.53 Å². The van der Waals surface area contributed by atoms with Gasteiger partial charge in [-0.15, -0.1) is 11.3 Å². The summed E-state index contributed by atoms with van der Waals surface area (Å²) in [6.45, 7) is 10.5. The second-order valence-electron chi connectivity index (χ2n) is 4.17. The van der Waals surface area contributed by atoms with Gasteiger partial charge in [-0.05, 0) is 19.8 Å². The van der Waals surface area contributed by atoms with Gasteiger partial charge >= 0.3 is 5.97 Å². The van der Waals surface area contributed by atoms with E-state index in [9.17, 15) is 4.79 Å². The Morgan fingerprint density at radius 2 is 2.24 bits per heavy atom. The minimum Gasteiger partial charge on any atom is -0.461 e. The molecule has 0 radical (unpaired) electrons. The lowest BCUT2D eigenvalue weighted by Gasteiger charge is -2.21. The van der Waals surface area contributed by atoms with Crippen molar-refractivity contribution in [2.75, 3.05) is 24.6 Å². The monoisotopic (exact) mass is 256 g/mol. The van der Waals surface area contributed by atoms with E-state index >= 15 is 0 Å². The highest BCUT2D eigenvalue weighted by Crippen LogP contribution is 2.21. The lowest BCUT2D eigenvalue weighted by molar-refractivity contribution is 0.0520. The molecule has 0 atom stereocenters. The number of hydrogen-bond acceptors (Lipinski definition) is 5. The largest absolute Gasteiger partial charge is 0.461 e. The average Bonchev–Trinajstić information content (AvgIpc) is 2.75. The molecule has 0 amide bonds. The van der Waals surface area contributed by atoms with Crippen LogP contribution in [-0.2, 0) is 4.74 Å². The van der Waals surface area contributed by atoms with Crippen LogP contribution >= 0.6 is 11.3 Å². The number of thiazole rings is 1. The molecule has 1 heterocycles. The zero-order chi connectivity index (χ0) is 12.8. The first-order valence-electron chi connectivity index (χ1n) is 5.96. The molecule has 4 nitrogen and oxygen atoms in total. The first-order valence-corrected chi connectivity index (χ1v) is 6.84. The van der Waals surface area contributed by atoms with E-state index in [1.165, 1.54) is 11.3 Å². The molecule has 0 saturated carbocycles. The Bertz CT molecular complexity index is 363. The maximum atomic E-state index is 11.5. The van der Waals surface area contributed by atoms with Crippen molar-refractivity contribution in [2.24, 2.45) is 5.92 Å². The number of aromatic nitrogens is 1. The van der Waals surface area contributed by atoms with Crippen LogP contribution in [0, 0.1) is 5.92 Å². The van der Waals surface area contributed by atoms with E-state index < -0.39 is 0 Å². The third kappa shape index (κ3) is 4.00. The standard InChI is InChI=1S/C12H20N2O2S/c1-5-14(7-9(3)4)12-13-10(8-17-12)11(15)16-6-2/h8-9H,5-7H2,1-4H3. The SMILES string of the molecule is CCOC(=O)c1csc(N(CC)CC(C)C)n1. The molecule has 0 aliphatic rings. The Hall–Kier alpha value is -1.10. The third-order valence-electron chi connectivity index (χ3n) is 2.21. The molecule has 5 heteroatoms. The van der Waals surface area contributed by atoms with E-state index in [1.54, 1.807) is 12.3 Å². The quantitative estimate of drug-likeness (QED) is 0.734. The van der Waals surface area contributed by atoms with Crippen molar-refractivity contribution >= 4 is 22.4 Å². The number of ether oxygens (including phenoxy) is 1. The van der Waals surface area contributed by atoms with Crippen molar-refractivity contribution in [3.8, 4) is 0 Å². The van der Waals surface area contributed by atoms with Crippen LogP contribution < -0.4 is 4.90 Å². The predicted molar refractivity (Wildman–Crippen MR) is 70.8 cm³/mol. The van der Waals surface area contributed by atoms with E-state index in [2.05, 4.69) is 30.7 Å². The van der Waals surface area contributed by atoms with Gasteiger partial charge in [0.25, 0.3) is 0 Å². The predicted octanol–water partition coefficient (Wildman–Crippen LogP) is 2.80. The second kappa shape index (κ2) is 6.59. The normalized spacial score (nSPS) is 10.6. The molecule has 0 fully saturated rings. The fourth-order valence-corrected chi connectivity index (χ4v) is 2.36. The van der Waals surface area contributed by atoms with E-state index in [0.29, 0.717) is 18.2 Å². The smallest absolute Gasteiger partial charge is 0.357 e. The van der Waals surface area contributed by atoms with Gasteiger partial charge in [0.2, 0.25) is 0 Å². The highest BCUT2D eigenvalue weighted by molar-refractivity contribution is 7.13. The Labute approximate surface area is 107 Å². The zero-order valence-electron chi connectivity index (χ0n) is 10.9. The fraction of sp³-hybridized carbons (Fsp3) is 0.667. The molecule has 1 aromatic heterocycles. The minimum absolute atomic E-state index is 0.337. The highest BCUT2D eigenvalue weighted by Gasteiger charge is 2.15. The maximum absolute atomic E-state index is 11.5. The van der Waals surface area contributed by atoms with Gasteiger partial charge in [0.1, 0.15) is 0 Å². The van der Waals surface area contributed by atoms with Crippen molar-refractivity contribution in [1.82, 2.24) is 4.98 Å². The molecule has 0 aromatic carbocycles. The number of nitrogens with zero attached hydrogens (tertiary/aromatic N) is 2. The Morgan fingerprint density at radius 3 is 2.76 bits per heavy atom. The molecular formula is C12H20N2O2S. The number of hydrogen-bond donors (Lipinski definition) is 0. The molecule has 0 saturated heterocycles. The van der Waals surface area contributed by atoms with Crippen LogP contribution in [0.2, 0.25) is 0 Å². The van der Waals surface area contributed by atoms with Gasteiger partial charge < -0.3 is 9.64 Å². The lowest BCUT2D eigenvalue weighted by atomic mass is 10.2. The molecule has 1 aromatic rings. The van der Waals surface area contributed by atoms with Crippen molar-refractivity contribution in [1.29, 1.82) is 0 Å². The highest BCUT2D eigenvalue weighted by atomic mass is 32.1. The number of esters is 1. The summed E-state index contributed by atoms with van der Waals surface area (Å²) in [6.07, 6.45) is 0. The van der Waals surface area contributed by atoms with Crippen LogP contribution in [0.15, 0.2) is 5.38 Å². The molecule has 1 rings (SSSR count). The third-order valence-corrected chi connectivity index (χ3v) is 3.12. The number of carbonyl (C=O) groups is 1. The average molecular weight is 256 g/mol. The van der Waals surface area contributed by atoms with Gasteiger partial charge in [0, 0.05) is 18.5 Å². The molecule has 17 heavy (non-hydrogen) atoms. The van der Waals surface area contributed by atoms with E-state index in [0.717, 1.165) is 18.2 Å². The summed E-state index contributed by atoms with van der Waals surface area (Å²) in [4.78, 5) is 18.0. The summed E-state index contributed by atoms with van der Waals surface area (Å²) in [5, 5.41) is 2.65.